The molecule has 2 heterocycles. The number of carbonyl (C=O) groups excluding carboxylic acids is 5. The molecular weight excluding hydrogens is 442 g/mol. The number of piperazine rings is 2. The summed E-state index contributed by atoms with van der Waals surface area (Å²) in [5, 5.41) is 8.05. The Morgan fingerprint density at radius 2 is 1.62 bits per heavy atom. The van der Waals surface area contributed by atoms with Crippen LogP contribution in [0.4, 0.5) is 4.79 Å². The van der Waals surface area contributed by atoms with E-state index in [1.165, 1.54) is 0 Å². The van der Waals surface area contributed by atoms with Gasteiger partial charge in [0.2, 0.25) is 17.7 Å². The van der Waals surface area contributed by atoms with Crippen LogP contribution in [0.5, 0.6) is 0 Å². The van der Waals surface area contributed by atoms with Gasteiger partial charge < -0.3 is 27.4 Å². The van der Waals surface area contributed by atoms with Crippen molar-refractivity contribution in [3.8, 4) is 0 Å². The summed E-state index contributed by atoms with van der Waals surface area (Å²) in [5.74, 6) is -1.34. The largest absolute Gasteiger partial charge is 0.368 e. The number of rotatable bonds is 11. The predicted molar refractivity (Wildman–Crippen MR) is 123 cm³/mol. The second-order valence-corrected chi connectivity index (χ2v) is 9.62. The lowest BCUT2D eigenvalue weighted by molar-refractivity contribution is -0.145. The van der Waals surface area contributed by atoms with Crippen LogP contribution in [-0.2, 0) is 19.2 Å². The quantitative estimate of drug-likeness (QED) is 0.216. The molecule has 0 aromatic rings. The number of likely N-dealkylation sites (N-methyl/N-ethyl adjacent to an activating group) is 1. The Morgan fingerprint density at radius 3 is 2.18 bits per heavy atom. The molecule has 2 saturated heterocycles. The van der Waals surface area contributed by atoms with Crippen LogP contribution in [-0.4, -0.2) is 95.7 Å². The lowest BCUT2D eigenvalue weighted by Crippen LogP contribution is -2.70. The number of primary amides is 2. The number of nitrogens with zero attached hydrogens (tertiary/aromatic N) is 2. The van der Waals surface area contributed by atoms with Crippen LogP contribution in [0.3, 0.4) is 0 Å². The second-order valence-electron chi connectivity index (χ2n) is 9.62. The zero-order valence-corrected chi connectivity index (χ0v) is 20.0. The number of carbonyl (C=O) groups is 5. The number of hydrogen-bond acceptors (Lipinski definition) is 7. The summed E-state index contributed by atoms with van der Waals surface area (Å²) >= 11 is 0. The summed E-state index contributed by atoms with van der Waals surface area (Å²) < 4.78 is 0. The number of hydrogen-bond donors (Lipinski definition) is 5. The van der Waals surface area contributed by atoms with Crippen molar-refractivity contribution in [3.05, 3.63) is 0 Å². The molecule has 0 aromatic carbocycles. The summed E-state index contributed by atoms with van der Waals surface area (Å²) in [7, 11) is 1.85. The molecule has 3 fully saturated rings. The van der Waals surface area contributed by atoms with Crippen molar-refractivity contribution in [2.24, 2.45) is 11.5 Å². The molecule has 0 unspecified atom stereocenters. The molecule has 12 nitrogen and oxygen atoms in total. The van der Waals surface area contributed by atoms with Crippen molar-refractivity contribution in [2.45, 2.75) is 81.6 Å². The molecule has 0 radical (unpaired) electrons. The van der Waals surface area contributed by atoms with Gasteiger partial charge in [-0.1, -0.05) is 19.8 Å². The van der Waals surface area contributed by atoms with E-state index in [1.54, 1.807) is 4.90 Å². The topological polar surface area (TPSA) is 180 Å². The van der Waals surface area contributed by atoms with Gasteiger partial charge in [-0.25, -0.2) is 4.79 Å². The van der Waals surface area contributed by atoms with E-state index in [4.69, 9.17) is 11.5 Å². The molecule has 5 amide bonds. The van der Waals surface area contributed by atoms with E-state index in [9.17, 15) is 24.0 Å². The Labute approximate surface area is 199 Å². The Balaban J connectivity index is 1.76. The average Bonchev–Trinajstić information content (AvgIpc) is 3.57. The Kier molecular flexibility index (Phi) is 8.13. The van der Waals surface area contributed by atoms with Crippen LogP contribution >= 0.6 is 0 Å². The van der Waals surface area contributed by atoms with E-state index < -0.39 is 35.6 Å². The Morgan fingerprint density at radius 1 is 1.00 bits per heavy atom. The molecule has 3 rings (SSSR count). The summed E-state index contributed by atoms with van der Waals surface area (Å²) in [6.07, 6.45) is 4.55. The first-order chi connectivity index (χ1) is 16.1. The van der Waals surface area contributed by atoms with Gasteiger partial charge in [-0.05, 0) is 39.2 Å². The molecule has 0 spiro atoms. The average molecular weight is 480 g/mol. The molecule has 2 aliphatic heterocycles. The first-order valence-electron chi connectivity index (χ1n) is 12.1. The van der Waals surface area contributed by atoms with Crippen LogP contribution in [0.1, 0.15) is 51.9 Å². The number of nitrogens with one attached hydrogen (secondary N) is 3. The summed E-state index contributed by atoms with van der Waals surface area (Å²) in [6, 6.07) is -3.16. The maximum Gasteiger partial charge on any atom is 0.312 e. The van der Waals surface area contributed by atoms with E-state index in [0.717, 1.165) is 19.3 Å². The lowest BCUT2D eigenvalue weighted by atomic mass is 9.92. The first-order valence-corrected chi connectivity index (χ1v) is 12.1. The van der Waals surface area contributed by atoms with Gasteiger partial charge >= 0.3 is 6.03 Å². The van der Waals surface area contributed by atoms with Gasteiger partial charge in [0.25, 0.3) is 0 Å². The normalized spacial score (nSPS) is 29.1. The van der Waals surface area contributed by atoms with E-state index >= 15 is 0 Å². The van der Waals surface area contributed by atoms with Crippen molar-refractivity contribution in [1.29, 1.82) is 0 Å². The number of nitrogens with two attached hydrogens (primary N) is 2. The van der Waals surface area contributed by atoms with Gasteiger partial charge in [-0.15, -0.1) is 0 Å². The second kappa shape index (κ2) is 10.7. The molecule has 0 bridgehead atoms. The third kappa shape index (κ3) is 5.49. The van der Waals surface area contributed by atoms with Crippen molar-refractivity contribution in [3.63, 3.8) is 0 Å². The molecule has 0 aromatic heterocycles. The summed E-state index contributed by atoms with van der Waals surface area (Å²) in [5.41, 5.74) is 9.65. The van der Waals surface area contributed by atoms with Crippen LogP contribution < -0.4 is 27.4 Å². The molecule has 12 heteroatoms. The van der Waals surface area contributed by atoms with Crippen LogP contribution in [0, 0.1) is 0 Å². The highest BCUT2D eigenvalue weighted by molar-refractivity contribution is 6.00. The van der Waals surface area contributed by atoms with Crippen LogP contribution in [0.2, 0.25) is 0 Å². The number of ketones is 1. The van der Waals surface area contributed by atoms with E-state index in [-0.39, 0.29) is 36.7 Å². The highest BCUT2D eigenvalue weighted by atomic mass is 16.2. The van der Waals surface area contributed by atoms with Gasteiger partial charge in [0.05, 0.1) is 17.6 Å². The summed E-state index contributed by atoms with van der Waals surface area (Å²) in [4.78, 5) is 65.9. The summed E-state index contributed by atoms with van der Waals surface area (Å²) in [6.45, 7) is 2.87. The van der Waals surface area contributed by atoms with Crippen molar-refractivity contribution in [2.75, 3.05) is 26.7 Å². The first kappa shape index (κ1) is 25.9. The van der Waals surface area contributed by atoms with Crippen molar-refractivity contribution in [1.82, 2.24) is 25.8 Å². The third-order valence-corrected chi connectivity index (χ3v) is 7.17. The van der Waals surface area contributed by atoms with Gasteiger partial charge in [-0.3, -0.25) is 29.0 Å². The van der Waals surface area contributed by atoms with Gasteiger partial charge in [0, 0.05) is 19.6 Å². The maximum absolute atomic E-state index is 13.7. The van der Waals surface area contributed by atoms with Crippen molar-refractivity contribution < 1.29 is 24.0 Å². The third-order valence-electron chi connectivity index (χ3n) is 7.17. The maximum atomic E-state index is 13.7. The zero-order valence-electron chi connectivity index (χ0n) is 20.0. The number of unbranched alkanes of at least 4 members (excludes halogenated alkanes) is 1. The number of amides is 5. The number of Topliss-reactive ketones (excluding diaryl/α,β-unsaturated/α-hetero) is 1. The fourth-order valence-electron chi connectivity index (χ4n) is 5.15. The molecule has 7 N–H and O–H groups in total. The van der Waals surface area contributed by atoms with E-state index in [0.29, 0.717) is 32.2 Å². The smallest absolute Gasteiger partial charge is 0.312 e. The zero-order chi connectivity index (χ0) is 25.0. The molecule has 1 saturated carbocycles. The molecule has 34 heavy (non-hydrogen) atoms. The number of urea groups is 1. The lowest BCUT2D eigenvalue weighted by Gasteiger charge is -2.45. The van der Waals surface area contributed by atoms with Crippen LogP contribution in [0.25, 0.3) is 0 Å². The molecule has 1 aliphatic carbocycles. The van der Waals surface area contributed by atoms with E-state index in [1.807, 2.05) is 11.9 Å². The fourth-order valence-corrected chi connectivity index (χ4v) is 5.15. The Hall–Kier alpha value is -2.73. The van der Waals surface area contributed by atoms with Crippen molar-refractivity contribution >= 4 is 29.5 Å². The van der Waals surface area contributed by atoms with Gasteiger partial charge in [-0.2, -0.15) is 0 Å². The highest BCUT2D eigenvalue weighted by Gasteiger charge is 2.60. The predicted octanol–water partition coefficient (Wildman–Crippen LogP) is -1.82. The van der Waals surface area contributed by atoms with Gasteiger partial charge in [0.1, 0.15) is 12.1 Å². The van der Waals surface area contributed by atoms with Gasteiger partial charge in [0.15, 0.2) is 5.78 Å². The standard InChI is InChI=1S/C22H37N7O5/c1-3-4-6-15-19(32)26-13(11-28(15)2)17(30)22(8-9-22)29-12-14(18(23)31)27-20(33)16(29)7-5-10-25-21(24)34/h13-16H,3-12H2,1-2H3,(H2,23,31)(H,26,32)(H,27,33)(H3,24,25,34)/t13-,14-,15+,16+/m1/s1. The molecule has 4 atom stereocenters. The molecule has 3 aliphatic rings. The fraction of sp³-hybridized carbons (Fsp3) is 0.773. The highest BCUT2D eigenvalue weighted by Crippen LogP contribution is 2.46. The minimum absolute atomic E-state index is 0.121. The SMILES string of the molecule is CCCC[C@H]1C(=O)N[C@@H](C(=O)C2(N3C[C@H](C(N)=O)NC(=O)[C@@H]3CCCNC(N)=O)CC2)CN1C. The molecule has 190 valence electrons. The van der Waals surface area contributed by atoms with Crippen LogP contribution in [0.15, 0.2) is 0 Å². The molecular formula is C22H37N7O5. The Bertz CT molecular complexity index is 830. The van der Waals surface area contributed by atoms with E-state index in [2.05, 4.69) is 22.9 Å². The minimum Gasteiger partial charge on any atom is -0.368 e. The minimum atomic E-state index is -0.928. The monoisotopic (exact) mass is 479 g/mol.